The van der Waals surface area contributed by atoms with E-state index in [0.29, 0.717) is 12.4 Å². The van der Waals surface area contributed by atoms with Crippen LogP contribution >= 0.6 is 0 Å². The summed E-state index contributed by atoms with van der Waals surface area (Å²) in [6, 6.07) is 1.98. The van der Waals surface area contributed by atoms with Crippen molar-refractivity contribution in [3.05, 3.63) is 22.9 Å². The van der Waals surface area contributed by atoms with Crippen molar-refractivity contribution in [1.82, 2.24) is 4.98 Å². The van der Waals surface area contributed by atoms with Crippen molar-refractivity contribution < 1.29 is 4.74 Å². The Morgan fingerprint density at radius 3 is 2.86 bits per heavy atom. The number of aryl methyl sites for hydroxylation is 2. The topological polar surface area (TPSA) is 48.1 Å². The van der Waals surface area contributed by atoms with E-state index >= 15 is 0 Å². The maximum absolute atomic E-state index is 5.60. The van der Waals surface area contributed by atoms with Crippen LogP contribution in [0.15, 0.2) is 6.07 Å². The number of aromatic nitrogens is 1. The Hall–Kier alpha value is -1.53. The maximum Gasteiger partial charge on any atom is 0.219 e. The smallest absolute Gasteiger partial charge is 0.219 e. The molecule has 3 heteroatoms. The van der Waals surface area contributed by atoms with Gasteiger partial charge in [0, 0.05) is 17.8 Å². The normalized spacial score (nSPS) is 9.57. The zero-order valence-corrected chi connectivity index (χ0v) is 8.50. The number of hydrogen-bond donors (Lipinski definition) is 1. The quantitative estimate of drug-likeness (QED) is 0.728. The van der Waals surface area contributed by atoms with Crippen LogP contribution in [0.25, 0.3) is 0 Å². The van der Waals surface area contributed by atoms with Crippen molar-refractivity contribution in [2.24, 2.45) is 5.73 Å². The lowest BCUT2D eigenvalue weighted by atomic mass is 10.1. The fourth-order valence-corrected chi connectivity index (χ4v) is 1.31. The summed E-state index contributed by atoms with van der Waals surface area (Å²) in [7, 11) is 0. The summed E-state index contributed by atoms with van der Waals surface area (Å²) >= 11 is 0. The molecule has 0 aromatic carbocycles. The van der Waals surface area contributed by atoms with Crippen molar-refractivity contribution in [2.45, 2.75) is 20.4 Å². The van der Waals surface area contributed by atoms with Gasteiger partial charge in [-0.3, -0.25) is 0 Å². The van der Waals surface area contributed by atoms with Crippen LogP contribution in [0, 0.1) is 26.2 Å². The molecule has 2 N–H and O–H groups in total. The highest BCUT2D eigenvalue weighted by atomic mass is 16.5. The van der Waals surface area contributed by atoms with E-state index in [1.807, 2.05) is 19.9 Å². The molecule has 0 aliphatic rings. The number of ether oxygens (including phenoxy) is 1. The van der Waals surface area contributed by atoms with E-state index in [1.54, 1.807) is 0 Å². The molecule has 0 radical (unpaired) electrons. The molecule has 1 aromatic heterocycles. The zero-order chi connectivity index (χ0) is 10.6. The van der Waals surface area contributed by atoms with Crippen molar-refractivity contribution in [3.8, 4) is 18.2 Å². The SMILES string of the molecule is C#CCOc1nc(C)cc(C)c1CN. The Labute approximate surface area is 84.3 Å². The predicted molar refractivity (Wildman–Crippen MR) is 55.9 cm³/mol. The molecule has 0 spiro atoms. The largest absolute Gasteiger partial charge is 0.464 e. The maximum atomic E-state index is 5.60. The minimum Gasteiger partial charge on any atom is -0.464 e. The first kappa shape index (κ1) is 10.6. The standard InChI is InChI=1S/C11H14N2O/c1-4-5-14-11-10(7-12)8(2)6-9(3)13-11/h1,6H,5,7,12H2,2-3H3. The van der Waals surface area contributed by atoms with Crippen molar-refractivity contribution in [3.63, 3.8) is 0 Å². The van der Waals surface area contributed by atoms with E-state index in [1.165, 1.54) is 0 Å². The van der Waals surface area contributed by atoms with Crippen molar-refractivity contribution in [2.75, 3.05) is 6.61 Å². The summed E-state index contributed by atoms with van der Waals surface area (Å²) in [6.07, 6.45) is 5.11. The average Bonchev–Trinajstić information content (AvgIpc) is 2.14. The van der Waals surface area contributed by atoms with Crippen LogP contribution in [0.2, 0.25) is 0 Å². The Kier molecular flexibility index (Phi) is 3.49. The third-order valence-electron chi connectivity index (χ3n) is 1.93. The van der Waals surface area contributed by atoms with Crippen LogP contribution in [0.5, 0.6) is 5.88 Å². The van der Waals surface area contributed by atoms with E-state index in [-0.39, 0.29) is 6.61 Å². The van der Waals surface area contributed by atoms with Crippen LogP contribution in [-0.2, 0) is 6.54 Å². The van der Waals surface area contributed by atoms with E-state index < -0.39 is 0 Å². The summed E-state index contributed by atoms with van der Waals surface area (Å²) in [4.78, 5) is 4.24. The molecular formula is C11H14N2O. The second-order valence-corrected chi connectivity index (χ2v) is 3.06. The summed E-state index contributed by atoms with van der Waals surface area (Å²) in [5.74, 6) is 2.96. The second-order valence-electron chi connectivity index (χ2n) is 3.06. The molecule has 1 heterocycles. The lowest BCUT2D eigenvalue weighted by Crippen LogP contribution is -2.07. The van der Waals surface area contributed by atoms with Gasteiger partial charge in [-0.05, 0) is 25.5 Å². The van der Waals surface area contributed by atoms with Crippen molar-refractivity contribution >= 4 is 0 Å². The summed E-state index contributed by atoms with van der Waals surface area (Å²) < 4.78 is 5.31. The summed E-state index contributed by atoms with van der Waals surface area (Å²) in [6.45, 7) is 4.54. The van der Waals surface area contributed by atoms with Crippen molar-refractivity contribution in [1.29, 1.82) is 0 Å². The number of nitrogens with zero attached hydrogens (tertiary/aromatic N) is 1. The van der Waals surface area contributed by atoms with Gasteiger partial charge in [-0.2, -0.15) is 0 Å². The van der Waals surface area contributed by atoms with Crippen LogP contribution in [0.1, 0.15) is 16.8 Å². The zero-order valence-electron chi connectivity index (χ0n) is 8.50. The highest BCUT2D eigenvalue weighted by Gasteiger charge is 2.07. The monoisotopic (exact) mass is 190 g/mol. The third kappa shape index (κ3) is 2.24. The molecule has 0 amide bonds. The van der Waals surface area contributed by atoms with E-state index in [4.69, 9.17) is 16.9 Å². The summed E-state index contributed by atoms with van der Waals surface area (Å²) in [5.41, 5.74) is 8.52. The second kappa shape index (κ2) is 4.64. The van der Waals surface area contributed by atoms with Gasteiger partial charge in [0.05, 0.1) is 0 Å². The Balaban J connectivity index is 3.06. The Morgan fingerprint density at radius 2 is 2.29 bits per heavy atom. The average molecular weight is 190 g/mol. The fourth-order valence-electron chi connectivity index (χ4n) is 1.31. The van der Waals surface area contributed by atoms with Gasteiger partial charge in [-0.1, -0.05) is 5.92 Å². The molecule has 0 unspecified atom stereocenters. The molecule has 0 fully saturated rings. The Bertz CT molecular complexity index is 366. The van der Waals surface area contributed by atoms with Gasteiger partial charge in [-0.15, -0.1) is 6.42 Å². The number of pyridine rings is 1. The molecule has 1 aromatic rings. The lowest BCUT2D eigenvalue weighted by Gasteiger charge is -2.10. The van der Waals surface area contributed by atoms with Gasteiger partial charge < -0.3 is 10.5 Å². The number of terminal acetylenes is 1. The Morgan fingerprint density at radius 1 is 1.57 bits per heavy atom. The highest BCUT2D eigenvalue weighted by Crippen LogP contribution is 2.19. The lowest BCUT2D eigenvalue weighted by molar-refractivity contribution is 0.350. The number of hydrogen-bond acceptors (Lipinski definition) is 3. The van der Waals surface area contributed by atoms with Crippen LogP contribution < -0.4 is 10.5 Å². The first-order valence-corrected chi connectivity index (χ1v) is 4.42. The molecule has 1 rings (SSSR count). The van der Waals surface area contributed by atoms with Crippen LogP contribution in [-0.4, -0.2) is 11.6 Å². The predicted octanol–water partition coefficient (Wildman–Crippen LogP) is 1.17. The van der Waals surface area contributed by atoms with Gasteiger partial charge in [-0.25, -0.2) is 4.98 Å². The molecule has 0 aliphatic carbocycles. The van der Waals surface area contributed by atoms with Gasteiger partial charge in [0.25, 0.3) is 0 Å². The van der Waals surface area contributed by atoms with Gasteiger partial charge in [0.2, 0.25) is 5.88 Å². The molecule has 0 saturated heterocycles. The minimum absolute atomic E-state index is 0.225. The molecule has 74 valence electrons. The number of nitrogens with two attached hydrogens (primary N) is 1. The summed E-state index contributed by atoms with van der Waals surface area (Å²) in [5, 5.41) is 0. The van der Waals surface area contributed by atoms with Gasteiger partial charge in [0.15, 0.2) is 6.61 Å². The van der Waals surface area contributed by atoms with Gasteiger partial charge in [0.1, 0.15) is 0 Å². The third-order valence-corrected chi connectivity index (χ3v) is 1.93. The van der Waals surface area contributed by atoms with Crippen LogP contribution in [0.3, 0.4) is 0 Å². The first-order valence-electron chi connectivity index (χ1n) is 4.42. The molecule has 0 saturated carbocycles. The molecule has 0 bridgehead atoms. The number of rotatable bonds is 3. The van der Waals surface area contributed by atoms with Crippen LogP contribution in [0.4, 0.5) is 0 Å². The van der Waals surface area contributed by atoms with E-state index in [2.05, 4.69) is 10.9 Å². The minimum atomic E-state index is 0.225. The van der Waals surface area contributed by atoms with Gasteiger partial charge >= 0.3 is 0 Å². The molecular weight excluding hydrogens is 176 g/mol. The molecule has 3 nitrogen and oxygen atoms in total. The highest BCUT2D eigenvalue weighted by molar-refractivity contribution is 5.35. The van der Waals surface area contributed by atoms with E-state index in [9.17, 15) is 0 Å². The fraction of sp³-hybridized carbons (Fsp3) is 0.364. The van der Waals surface area contributed by atoms with E-state index in [0.717, 1.165) is 16.8 Å². The molecule has 14 heavy (non-hydrogen) atoms. The molecule has 0 aliphatic heterocycles. The first-order chi connectivity index (χ1) is 6.69. The molecule has 0 atom stereocenters.